The highest BCUT2D eigenvalue weighted by molar-refractivity contribution is 6.11. The molecule has 0 saturated carbocycles. The predicted octanol–water partition coefficient (Wildman–Crippen LogP) is 5.33. The van der Waals surface area contributed by atoms with Crippen molar-refractivity contribution in [3.63, 3.8) is 0 Å². The van der Waals surface area contributed by atoms with Crippen molar-refractivity contribution < 1.29 is 4.79 Å². The van der Waals surface area contributed by atoms with E-state index in [0.29, 0.717) is 0 Å². The number of amides is 1. The number of rotatable bonds is 4. The summed E-state index contributed by atoms with van der Waals surface area (Å²) in [5.41, 5.74) is 6.11. The third kappa shape index (κ3) is 2.76. The molecule has 1 heterocycles. The average molecular weight is 342 g/mol. The van der Waals surface area contributed by atoms with Crippen molar-refractivity contribution >= 4 is 17.3 Å². The van der Waals surface area contributed by atoms with Crippen molar-refractivity contribution in [2.45, 2.75) is 26.4 Å². The average Bonchev–Trinajstić information content (AvgIpc) is 2.95. The molecule has 130 valence electrons. The molecule has 3 nitrogen and oxygen atoms in total. The number of hydrogen-bond donors (Lipinski definition) is 1. The number of carbonyl (C=O) groups excluding carboxylic acids is 1. The Morgan fingerprint density at radius 3 is 2.54 bits per heavy atom. The molecule has 0 spiro atoms. The van der Waals surface area contributed by atoms with Crippen LogP contribution in [0.15, 0.2) is 72.8 Å². The van der Waals surface area contributed by atoms with Crippen LogP contribution in [0.2, 0.25) is 0 Å². The van der Waals surface area contributed by atoms with Gasteiger partial charge < -0.3 is 5.32 Å². The zero-order valence-corrected chi connectivity index (χ0v) is 15.1. The summed E-state index contributed by atoms with van der Waals surface area (Å²) in [4.78, 5) is 15.0. The molecule has 1 atom stereocenters. The van der Waals surface area contributed by atoms with Gasteiger partial charge in [0.25, 0.3) is 5.91 Å². The Morgan fingerprint density at radius 1 is 0.962 bits per heavy atom. The quantitative estimate of drug-likeness (QED) is 0.695. The highest BCUT2D eigenvalue weighted by Crippen LogP contribution is 2.39. The van der Waals surface area contributed by atoms with Crippen LogP contribution in [-0.2, 0) is 6.42 Å². The number of hydrogen-bond acceptors (Lipinski definition) is 2. The zero-order valence-electron chi connectivity index (χ0n) is 15.1. The van der Waals surface area contributed by atoms with Gasteiger partial charge >= 0.3 is 0 Å². The Balaban J connectivity index is 1.80. The van der Waals surface area contributed by atoms with Gasteiger partial charge in [0.2, 0.25) is 0 Å². The Labute approximate surface area is 154 Å². The fourth-order valence-electron chi connectivity index (χ4n) is 3.58. The van der Waals surface area contributed by atoms with Crippen LogP contribution in [-0.4, -0.2) is 5.91 Å². The highest BCUT2D eigenvalue weighted by atomic mass is 16.2. The number of para-hydroxylation sites is 1. The normalized spacial score (nSPS) is 15.8. The molecular weight excluding hydrogens is 320 g/mol. The molecule has 1 amide bonds. The third-order valence-corrected chi connectivity index (χ3v) is 4.98. The van der Waals surface area contributed by atoms with Crippen LogP contribution < -0.4 is 10.2 Å². The van der Waals surface area contributed by atoms with Gasteiger partial charge in [-0.3, -0.25) is 9.69 Å². The van der Waals surface area contributed by atoms with Crippen LogP contribution in [0, 0.1) is 6.92 Å². The van der Waals surface area contributed by atoms with Crippen LogP contribution in [0.4, 0.5) is 11.4 Å². The highest BCUT2D eigenvalue weighted by Gasteiger charge is 2.38. The molecular formula is C23H22N2O. The maximum Gasteiger partial charge on any atom is 0.260 e. The molecule has 3 aromatic carbocycles. The molecule has 0 aromatic heterocycles. The Kier molecular flexibility index (Phi) is 4.21. The van der Waals surface area contributed by atoms with Gasteiger partial charge in [0.15, 0.2) is 0 Å². The second-order valence-electron chi connectivity index (χ2n) is 6.65. The lowest BCUT2D eigenvalue weighted by Gasteiger charge is -2.28. The van der Waals surface area contributed by atoms with Crippen LogP contribution in [0.3, 0.4) is 0 Å². The van der Waals surface area contributed by atoms with E-state index in [1.165, 1.54) is 5.56 Å². The molecule has 0 aliphatic carbocycles. The number of nitrogens with zero attached hydrogens (tertiary/aromatic N) is 1. The minimum Gasteiger partial charge on any atom is -0.361 e. The van der Waals surface area contributed by atoms with Crippen LogP contribution >= 0.6 is 0 Å². The van der Waals surface area contributed by atoms with E-state index < -0.39 is 0 Å². The van der Waals surface area contributed by atoms with Gasteiger partial charge in [-0.05, 0) is 48.7 Å². The van der Waals surface area contributed by atoms with E-state index in [9.17, 15) is 4.79 Å². The maximum absolute atomic E-state index is 13.2. The SMILES string of the molecule is CCc1cccc(NC2c3ccccc3C(=O)N2c2ccccc2C)c1. The lowest BCUT2D eigenvalue weighted by atomic mass is 10.1. The fourth-order valence-corrected chi connectivity index (χ4v) is 3.58. The monoisotopic (exact) mass is 342 g/mol. The van der Waals surface area contributed by atoms with Gasteiger partial charge in [-0.15, -0.1) is 0 Å². The Bertz CT molecular complexity index is 964. The summed E-state index contributed by atoms with van der Waals surface area (Å²) in [6, 6.07) is 24.3. The topological polar surface area (TPSA) is 32.3 Å². The number of anilines is 2. The molecule has 1 aliphatic heterocycles. The van der Waals surface area contributed by atoms with Crippen LogP contribution in [0.5, 0.6) is 0 Å². The first-order valence-electron chi connectivity index (χ1n) is 9.02. The van der Waals surface area contributed by atoms with Crippen LogP contribution in [0.1, 0.15) is 40.1 Å². The molecule has 0 bridgehead atoms. The Morgan fingerprint density at radius 2 is 1.73 bits per heavy atom. The summed E-state index contributed by atoms with van der Waals surface area (Å²) < 4.78 is 0. The van der Waals surface area contributed by atoms with Gasteiger partial charge in [-0.2, -0.15) is 0 Å². The van der Waals surface area contributed by atoms with E-state index in [4.69, 9.17) is 0 Å². The minimum atomic E-state index is -0.216. The smallest absolute Gasteiger partial charge is 0.260 e. The summed E-state index contributed by atoms with van der Waals surface area (Å²) in [6.07, 6.45) is 0.768. The van der Waals surface area contributed by atoms with Crippen LogP contribution in [0.25, 0.3) is 0 Å². The molecule has 0 radical (unpaired) electrons. The van der Waals surface area contributed by atoms with Crippen molar-refractivity contribution in [1.29, 1.82) is 0 Å². The van der Waals surface area contributed by atoms with Gasteiger partial charge in [0, 0.05) is 22.5 Å². The lowest BCUT2D eigenvalue weighted by molar-refractivity contribution is 0.0993. The first-order chi connectivity index (χ1) is 12.7. The van der Waals surface area contributed by atoms with Gasteiger partial charge in [-0.25, -0.2) is 0 Å². The van der Waals surface area contributed by atoms with E-state index in [1.807, 2.05) is 60.4 Å². The number of aryl methyl sites for hydroxylation is 2. The van der Waals surface area contributed by atoms with Crippen molar-refractivity contribution in [3.8, 4) is 0 Å². The number of benzene rings is 3. The largest absolute Gasteiger partial charge is 0.361 e. The first-order valence-corrected chi connectivity index (χ1v) is 9.02. The minimum absolute atomic E-state index is 0.0408. The summed E-state index contributed by atoms with van der Waals surface area (Å²) in [7, 11) is 0. The summed E-state index contributed by atoms with van der Waals surface area (Å²) in [5, 5.41) is 3.58. The molecule has 1 aliphatic rings. The summed E-state index contributed by atoms with van der Waals surface area (Å²) >= 11 is 0. The molecule has 3 aromatic rings. The third-order valence-electron chi connectivity index (χ3n) is 4.98. The molecule has 0 saturated heterocycles. The van der Waals surface area contributed by atoms with E-state index in [-0.39, 0.29) is 12.1 Å². The van der Waals surface area contributed by atoms with Crippen molar-refractivity contribution in [1.82, 2.24) is 0 Å². The van der Waals surface area contributed by atoms with E-state index in [0.717, 1.165) is 34.5 Å². The van der Waals surface area contributed by atoms with Gasteiger partial charge in [0.05, 0.1) is 0 Å². The first kappa shape index (κ1) is 16.4. The maximum atomic E-state index is 13.2. The summed E-state index contributed by atoms with van der Waals surface area (Å²) in [5.74, 6) is 0.0408. The number of carbonyl (C=O) groups is 1. The number of nitrogens with one attached hydrogen (secondary N) is 1. The molecule has 4 rings (SSSR count). The second-order valence-corrected chi connectivity index (χ2v) is 6.65. The summed E-state index contributed by atoms with van der Waals surface area (Å²) in [6.45, 7) is 4.19. The van der Waals surface area contributed by atoms with Gasteiger partial charge in [-0.1, -0.05) is 55.5 Å². The van der Waals surface area contributed by atoms with Crippen molar-refractivity contribution in [2.24, 2.45) is 0 Å². The standard InChI is InChI=1S/C23H22N2O/c1-3-17-10-8-11-18(15-17)24-22-19-12-5-6-13-20(19)23(26)25(22)21-14-7-4-9-16(21)2/h4-15,22,24H,3H2,1-2H3. The zero-order chi connectivity index (χ0) is 18.1. The predicted molar refractivity (Wildman–Crippen MR) is 107 cm³/mol. The van der Waals surface area contributed by atoms with E-state index >= 15 is 0 Å². The van der Waals surface area contributed by atoms with E-state index in [1.54, 1.807) is 0 Å². The van der Waals surface area contributed by atoms with Crippen molar-refractivity contribution in [3.05, 3.63) is 95.1 Å². The lowest BCUT2D eigenvalue weighted by Crippen LogP contribution is -2.32. The number of fused-ring (bicyclic) bond motifs is 1. The molecule has 1 unspecified atom stereocenters. The van der Waals surface area contributed by atoms with Gasteiger partial charge in [0.1, 0.15) is 6.17 Å². The Hall–Kier alpha value is -3.07. The second kappa shape index (κ2) is 6.68. The molecule has 26 heavy (non-hydrogen) atoms. The molecule has 0 fully saturated rings. The molecule has 1 N–H and O–H groups in total. The molecule has 3 heteroatoms. The van der Waals surface area contributed by atoms with Crippen molar-refractivity contribution in [2.75, 3.05) is 10.2 Å². The van der Waals surface area contributed by atoms with E-state index in [2.05, 4.69) is 36.5 Å². The fraction of sp³-hybridized carbons (Fsp3) is 0.174.